The number of hydrogen-bond donors (Lipinski definition) is 2. The summed E-state index contributed by atoms with van der Waals surface area (Å²) in [5.41, 5.74) is 5.66. The van der Waals surface area contributed by atoms with E-state index < -0.39 is 0 Å². The molecule has 0 radical (unpaired) electrons. The fourth-order valence-corrected chi connectivity index (χ4v) is 4.34. The SMILES string of the molecule is C[C@@H](Nc1ncnc2[nH]c(-c3cccc(CN4CCN(C)CC4)c3)cc12)c1ccccc1. The van der Waals surface area contributed by atoms with E-state index in [4.69, 9.17) is 0 Å². The second-order valence-corrected chi connectivity index (χ2v) is 8.72. The Bertz CT molecular complexity index is 1180. The number of nitrogens with zero attached hydrogens (tertiary/aromatic N) is 4. The molecule has 164 valence electrons. The Balaban J connectivity index is 1.38. The van der Waals surface area contributed by atoms with Crippen LogP contribution >= 0.6 is 0 Å². The van der Waals surface area contributed by atoms with Crippen LogP contribution in [0.15, 0.2) is 67.0 Å². The van der Waals surface area contributed by atoms with Gasteiger partial charge in [0.15, 0.2) is 0 Å². The van der Waals surface area contributed by atoms with E-state index in [0.717, 1.165) is 55.3 Å². The first-order valence-electron chi connectivity index (χ1n) is 11.3. The number of aromatic amines is 1. The first-order chi connectivity index (χ1) is 15.7. The highest BCUT2D eigenvalue weighted by Gasteiger charge is 2.15. The highest BCUT2D eigenvalue weighted by Crippen LogP contribution is 2.29. The molecule has 1 aliphatic rings. The molecule has 6 nitrogen and oxygen atoms in total. The third kappa shape index (κ3) is 4.52. The number of rotatable bonds is 6. The van der Waals surface area contributed by atoms with Crippen LogP contribution < -0.4 is 5.32 Å². The van der Waals surface area contributed by atoms with Crippen molar-refractivity contribution in [3.63, 3.8) is 0 Å². The molecule has 1 aliphatic heterocycles. The van der Waals surface area contributed by atoms with Crippen LogP contribution in [0.4, 0.5) is 5.82 Å². The molecule has 0 unspecified atom stereocenters. The van der Waals surface area contributed by atoms with E-state index in [1.54, 1.807) is 6.33 Å². The number of nitrogens with one attached hydrogen (secondary N) is 2. The Kier molecular flexibility index (Phi) is 5.88. The van der Waals surface area contributed by atoms with E-state index in [-0.39, 0.29) is 6.04 Å². The van der Waals surface area contributed by atoms with Crippen molar-refractivity contribution >= 4 is 16.9 Å². The predicted molar refractivity (Wildman–Crippen MR) is 131 cm³/mol. The van der Waals surface area contributed by atoms with E-state index in [2.05, 4.69) is 98.6 Å². The molecule has 2 N–H and O–H groups in total. The number of hydrogen-bond acceptors (Lipinski definition) is 5. The molecule has 5 rings (SSSR count). The van der Waals surface area contributed by atoms with Gasteiger partial charge in [0.1, 0.15) is 17.8 Å². The summed E-state index contributed by atoms with van der Waals surface area (Å²) in [4.78, 5) is 17.4. The molecule has 1 atom stereocenters. The maximum absolute atomic E-state index is 4.53. The van der Waals surface area contributed by atoms with Crippen molar-refractivity contribution in [1.29, 1.82) is 0 Å². The molecule has 32 heavy (non-hydrogen) atoms. The summed E-state index contributed by atoms with van der Waals surface area (Å²) in [7, 11) is 2.19. The molecule has 0 aliphatic carbocycles. The Morgan fingerprint density at radius 2 is 1.78 bits per heavy atom. The van der Waals surface area contributed by atoms with Crippen molar-refractivity contribution in [3.8, 4) is 11.3 Å². The van der Waals surface area contributed by atoms with Crippen LogP contribution in [0.5, 0.6) is 0 Å². The molecular formula is C26H30N6. The Morgan fingerprint density at radius 1 is 0.969 bits per heavy atom. The molecular weight excluding hydrogens is 396 g/mol. The van der Waals surface area contributed by atoms with Gasteiger partial charge in [0.05, 0.1) is 5.39 Å². The van der Waals surface area contributed by atoms with Crippen molar-refractivity contribution < 1.29 is 0 Å². The lowest BCUT2D eigenvalue weighted by Gasteiger charge is -2.32. The summed E-state index contributed by atoms with van der Waals surface area (Å²) < 4.78 is 0. The summed E-state index contributed by atoms with van der Waals surface area (Å²) in [5, 5.41) is 4.56. The van der Waals surface area contributed by atoms with Crippen LogP contribution in [-0.2, 0) is 6.54 Å². The summed E-state index contributed by atoms with van der Waals surface area (Å²) in [6, 6.07) is 21.5. The van der Waals surface area contributed by atoms with E-state index in [1.165, 1.54) is 16.7 Å². The van der Waals surface area contributed by atoms with Crippen molar-refractivity contribution in [2.75, 3.05) is 38.5 Å². The molecule has 1 fully saturated rings. The topological polar surface area (TPSA) is 60.1 Å². The maximum Gasteiger partial charge on any atom is 0.143 e. The highest BCUT2D eigenvalue weighted by molar-refractivity contribution is 5.91. The van der Waals surface area contributed by atoms with E-state index in [0.29, 0.717) is 0 Å². The van der Waals surface area contributed by atoms with Crippen molar-refractivity contribution in [2.45, 2.75) is 19.5 Å². The Labute approximate surface area is 189 Å². The van der Waals surface area contributed by atoms with Gasteiger partial charge in [-0.05, 0) is 42.8 Å². The van der Waals surface area contributed by atoms with Gasteiger partial charge in [-0.25, -0.2) is 9.97 Å². The second-order valence-electron chi connectivity index (χ2n) is 8.72. The van der Waals surface area contributed by atoms with Crippen molar-refractivity contribution in [2.24, 2.45) is 0 Å². The van der Waals surface area contributed by atoms with E-state index >= 15 is 0 Å². The minimum atomic E-state index is 0.152. The molecule has 3 heterocycles. The first-order valence-corrected chi connectivity index (χ1v) is 11.3. The summed E-state index contributed by atoms with van der Waals surface area (Å²) in [6.07, 6.45) is 1.62. The van der Waals surface area contributed by atoms with Crippen LogP contribution in [0, 0.1) is 0 Å². The summed E-state index contributed by atoms with van der Waals surface area (Å²) >= 11 is 0. The Hall–Kier alpha value is -3.22. The zero-order chi connectivity index (χ0) is 21.9. The minimum absolute atomic E-state index is 0.152. The predicted octanol–water partition coefficient (Wildman–Crippen LogP) is 4.55. The zero-order valence-corrected chi connectivity index (χ0v) is 18.8. The number of likely N-dealkylation sites (N-methyl/N-ethyl adjacent to an activating group) is 1. The normalized spacial score (nSPS) is 16.3. The molecule has 1 saturated heterocycles. The van der Waals surface area contributed by atoms with Crippen LogP contribution in [0.2, 0.25) is 0 Å². The van der Waals surface area contributed by atoms with Gasteiger partial charge >= 0.3 is 0 Å². The minimum Gasteiger partial charge on any atom is -0.363 e. The number of fused-ring (bicyclic) bond motifs is 1. The number of piperazine rings is 1. The number of anilines is 1. The van der Waals surface area contributed by atoms with Gasteiger partial charge in [-0.1, -0.05) is 48.5 Å². The molecule has 6 heteroatoms. The van der Waals surface area contributed by atoms with Gasteiger partial charge in [0.2, 0.25) is 0 Å². The summed E-state index contributed by atoms with van der Waals surface area (Å²) in [5.74, 6) is 0.849. The third-order valence-electron chi connectivity index (χ3n) is 6.32. The lowest BCUT2D eigenvalue weighted by Crippen LogP contribution is -2.43. The lowest BCUT2D eigenvalue weighted by molar-refractivity contribution is 0.148. The van der Waals surface area contributed by atoms with Crippen LogP contribution in [0.3, 0.4) is 0 Å². The average molecular weight is 427 g/mol. The van der Waals surface area contributed by atoms with Crippen LogP contribution in [0.1, 0.15) is 24.1 Å². The number of H-pyrrole nitrogens is 1. The second kappa shape index (κ2) is 9.10. The third-order valence-corrected chi connectivity index (χ3v) is 6.32. The Morgan fingerprint density at radius 3 is 2.59 bits per heavy atom. The lowest BCUT2D eigenvalue weighted by atomic mass is 10.1. The molecule has 0 spiro atoms. The molecule has 0 amide bonds. The maximum atomic E-state index is 4.53. The smallest absolute Gasteiger partial charge is 0.143 e. The molecule has 2 aromatic heterocycles. The average Bonchev–Trinajstić information content (AvgIpc) is 3.27. The first kappa shape index (κ1) is 20.7. The molecule has 2 aromatic carbocycles. The number of benzene rings is 2. The quantitative estimate of drug-likeness (QED) is 0.474. The van der Waals surface area contributed by atoms with E-state index in [1.807, 2.05) is 6.07 Å². The fraction of sp³-hybridized carbons (Fsp3) is 0.308. The molecule has 0 saturated carbocycles. The van der Waals surface area contributed by atoms with Gasteiger partial charge < -0.3 is 15.2 Å². The fourth-order valence-electron chi connectivity index (χ4n) is 4.34. The largest absolute Gasteiger partial charge is 0.363 e. The van der Waals surface area contributed by atoms with E-state index in [9.17, 15) is 0 Å². The molecule has 0 bridgehead atoms. The van der Waals surface area contributed by atoms with Gasteiger partial charge in [-0.2, -0.15) is 0 Å². The molecule has 4 aromatic rings. The van der Waals surface area contributed by atoms with Gasteiger partial charge in [-0.3, -0.25) is 4.90 Å². The summed E-state index contributed by atoms with van der Waals surface area (Å²) in [6.45, 7) is 7.66. The monoisotopic (exact) mass is 426 g/mol. The zero-order valence-electron chi connectivity index (χ0n) is 18.8. The highest BCUT2D eigenvalue weighted by atomic mass is 15.2. The van der Waals surface area contributed by atoms with Crippen molar-refractivity contribution in [1.82, 2.24) is 24.8 Å². The van der Waals surface area contributed by atoms with Crippen molar-refractivity contribution in [3.05, 3.63) is 78.1 Å². The van der Waals surface area contributed by atoms with Crippen LogP contribution in [0.25, 0.3) is 22.3 Å². The van der Waals surface area contributed by atoms with Gasteiger partial charge in [0.25, 0.3) is 0 Å². The van der Waals surface area contributed by atoms with Crippen LogP contribution in [-0.4, -0.2) is 58.0 Å². The van der Waals surface area contributed by atoms with Gasteiger partial charge in [0, 0.05) is 44.5 Å². The standard InChI is InChI=1S/C26H30N6/c1-19(21-8-4-3-5-9-21)29-25-23-16-24(30-26(23)28-18-27-25)22-10-6-7-20(15-22)17-32-13-11-31(2)12-14-32/h3-10,15-16,18-19H,11-14,17H2,1-2H3,(H2,27,28,29,30)/t19-/m1/s1. The van der Waals surface area contributed by atoms with Gasteiger partial charge in [-0.15, -0.1) is 0 Å². The number of aromatic nitrogens is 3.